The highest BCUT2D eigenvalue weighted by Crippen LogP contribution is 2.28. The first kappa shape index (κ1) is 9.87. The summed E-state index contributed by atoms with van der Waals surface area (Å²) < 4.78 is 1.90. The van der Waals surface area contributed by atoms with Gasteiger partial charge in [0.05, 0.1) is 0 Å². The summed E-state index contributed by atoms with van der Waals surface area (Å²) in [5.41, 5.74) is 0.680. The largest absolute Gasteiger partial charge is 0.298 e. The van der Waals surface area contributed by atoms with Crippen LogP contribution in [0, 0.1) is 0 Å². The fourth-order valence-corrected chi connectivity index (χ4v) is 2.34. The van der Waals surface area contributed by atoms with Crippen molar-refractivity contribution < 1.29 is 4.79 Å². The van der Waals surface area contributed by atoms with Crippen molar-refractivity contribution in [1.82, 2.24) is 0 Å². The monoisotopic (exact) mass is 312 g/mol. The van der Waals surface area contributed by atoms with Gasteiger partial charge < -0.3 is 0 Å². The zero-order valence-corrected chi connectivity index (χ0v) is 10.3. The molecule has 0 fully saturated rings. The molecular formula is C11H6Br2O. The van der Waals surface area contributed by atoms with Crippen molar-refractivity contribution in [3.63, 3.8) is 0 Å². The van der Waals surface area contributed by atoms with Crippen LogP contribution in [0.2, 0.25) is 0 Å². The van der Waals surface area contributed by atoms with Gasteiger partial charge in [-0.25, -0.2) is 0 Å². The van der Waals surface area contributed by atoms with Gasteiger partial charge in [0, 0.05) is 14.5 Å². The lowest BCUT2D eigenvalue weighted by Gasteiger charge is -2.03. The van der Waals surface area contributed by atoms with Crippen LogP contribution >= 0.6 is 31.9 Å². The summed E-state index contributed by atoms with van der Waals surface area (Å²) in [4.78, 5) is 10.7. The molecule has 2 aromatic carbocycles. The number of carbonyl (C=O) groups excluding carboxylic acids is 1. The van der Waals surface area contributed by atoms with Gasteiger partial charge in [-0.3, -0.25) is 4.79 Å². The molecular weight excluding hydrogens is 308 g/mol. The molecule has 14 heavy (non-hydrogen) atoms. The van der Waals surface area contributed by atoms with E-state index in [2.05, 4.69) is 31.9 Å². The molecule has 70 valence electrons. The van der Waals surface area contributed by atoms with Crippen LogP contribution in [-0.4, -0.2) is 6.29 Å². The van der Waals surface area contributed by atoms with E-state index >= 15 is 0 Å². The van der Waals surface area contributed by atoms with Crippen molar-refractivity contribution in [1.29, 1.82) is 0 Å². The van der Waals surface area contributed by atoms with Gasteiger partial charge in [0.25, 0.3) is 0 Å². The zero-order valence-electron chi connectivity index (χ0n) is 7.13. The Morgan fingerprint density at radius 3 is 2.57 bits per heavy atom. The van der Waals surface area contributed by atoms with Crippen LogP contribution in [0.3, 0.4) is 0 Å². The van der Waals surface area contributed by atoms with E-state index in [1.54, 1.807) is 0 Å². The maximum Gasteiger partial charge on any atom is 0.151 e. The molecule has 0 unspecified atom stereocenters. The van der Waals surface area contributed by atoms with Gasteiger partial charge in [-0.15, -0.1) is 0 Å². The average molecular weight is 314 g/mol. The number of carbonyl (C=O) groups is 1. The molecule has 0 amide bonds. The molecule has 1 nitrogen and oxygen atoms in total. The van der Waals surface area contributed by atoms with Gasteiger partial charge in [-0.2, -0.15) is 0 Å². The van der Waals surface area contributed by atoms with Crippen molar-refractivity contribution in [3.05, 3.63) is 44.8 Å². The fourth-order valence-electron chi connectivity index (χ4n) is 1.37. The Kier molecular flexibility index (Phi) is 2.70. The van der Waals surface area contributed by atoms with E-state index in [1.165, 1.54) is 0 Å². The van der Waals surface area contributed by atoms with Gasteiger partial charge in [-0.05, 0) is 44.9 Å². The molecule has 0 saturated heterocycles. The van der Waals surface area contributed by atoms with Crippen LogP contribution < -0.4 is 0 Å². The van der Waals surface area contributed by atoms with Crippen molar-refractivity contribution in [2.75, 3.05) is 0 Å². The predicted octanol–water partition coefficient (Wildman–Crippen LogP) is 4.18. The van der Waals surface area contributed by atoms with E-state index in [9.17, 15) is 4.79 Å². The molecule has 0 radical (unpaired) electrons. The van der Waals surface area contributed by atoms with Gasteiger partial charge in [-0.1, -0.05) is 28.1 Å². The average Bonchev–Trinajstić information content (AvgIpc) is 2.18. The lowest BCUT2D eigenvalue weighted by Crippen LogP contribution is -1.83. The molecule has 0 aliphatic heterocycles. The molecule has 0 bridgehead atoms. The van der Waals surface area contributed by atoms with E-state index in [0.717, 1.165) is 26.0 Å². The van der Waals surface area contributed by atoms with Crippen LogP contribution in [0.25, 0.3) is 10.8 Å². The molecule has 0 aromatic heterocycles. The summed E-state index contributed by atoms with van der Waals surface area (Å²) in [5.74, 6) is 0. The highest BCUT2D eigenvalue weighted by atomic mass is 79.9. The number of benzene rings is 2. The summed E-state index contributed by atoms with van der Waals surface area (Å²) in [7, 11) is 0. The Labute approximate surface area is 98.4 Å². The van der Waals surface area contributed by atoms with Crippen LogP contribution in [0.1, 0.15) is 10.4 Å². The fraction of sp³-hybridized carbons (Fsp3) is 0. The molecule has 0 saturated carbocycles. The Balaban J connectivity index is 2.83. The summed E-state index contributed by atoms with van der Waals surface area (Å²) in [6, 6.07) is 9.72. The Morgan fingerprint density at radius 1 is 1.07 bits per heavy atom. The smallest absolute Gasteiger partial charge is 0.151 e. The zero-order chi connectivity index (χ0) is 10.1. The Bertz CT molecular complexity index is 506. The molecule has 2 rings (SSSR count). The van der Waals surface area contributed by atoms with Crippen molar-refractivity contribution in [3.8, 4) is 0 Å². The van der Waals surface area contributed by atoms with Crippen LogP contribution in [-0.2, 0) is 0 Å². The van der Waals surface area contributed by atoms with Crippen molar-refractivity contribution >= 4 is 48.9 Å². The van der Waals surface area contributed by atoms with E-state index < -0.39 is 0 Å². The Hall–Kier alpha value is -0.670. The lowest BCUT2D eigenvalue weighted by molar-refractivity contribution is 0.112. The second-order valence-electron chi connectivity index (χ2n) is 2.95. The molecule has 0 atom stereocenters. The summed E-state index contributed by atoms with van der Waals surface area (Å²) in [6.07, 6.45) is 0.853. The number of aldehydes is 1. The van der Waals surface area contributed by atoms with E-state index in [4.69, 9.17) is 0 Å². The molecule has 0 aliphatic carbocycles. The van der Waals surface area contributed by atoms with E-state index in [0.29, 0.717) is 5.56 Å². The van der Waals surface area contributed by atoms with Gasteiger partial charge in [0.2, 0.25) is 0 Å². The third-order valence-electron chi connectivity index (χ3n) is 2.07. The van der Waals surface area contributed by atoms with Crippen LogP contribution in [0.4, 0.5) is 0 Å². The second kappa shape index (κ2) is 3.83. The molecule has 2 aromatic rings. The minimum absolute atomic E-state index is 0.680. The maximum absolute atomic E-state index is 10.7. The highest BCUT2D eigenvalue weighted by Gasteiger charge is 2.03. The summed E-state index contributed by atoms with van der Waals surface area (Å²) in [5, 5.41) is 2.16. The molecule has 0 spiro atoms. The first-order valence-corrected chi connectivity index (χ1v) is 5.64. The number of hydrogen-bond donors (Lipinski definition) is 0. The topological polar surface area (TPSA) is 17.1 Å². The normalized spacial score (nSPS) is 10.4. The summed E-state index contributed by atoms with van der Waals surface area (Å²) >= 11 is 6.83. The standard InChI is InChI=1S/C11H6Br2O/c12-9-3-4-10-7(5-9)1-2-8(6-14)11(10)13/h1-6H. The minimum Gasteiger partial charge on any atom is -0.298 e. The molecule has 0 N–H and O–H groups in total. The number of hydrogen-bond acceptors (Lipinski definition) is 1. The highest BCUT2D eigenvalue weighted by molar-refractivity contribution is 9.11. The Morgan fingerprint density at radius 2 is 1.86 bits per heavy atom. The maximum atomic E-state index is 10.7. The first-order valence-electron chi connectivity index (χ1n) is 4.05. The van der Waals surface area contributed by atoms with E-state index in [1.807, 2.05) is 30.3 Å². The predicted molar refractivity (Wildman–Crippen MR) is 64.7 cm³/mol. The third-order valence-corrected chi connectivity index (χ3v) is 3.45. The molecule has 0 aliphatic rings. The first-order chi connectivity index (χ1) is 6.72. The van der Waals surface area contributed by atoms with Gasteiger partial charge in [0.1, 0.15) is 0 Å². The lowest BCUT2D eigenvalue weighted by atomic mass is 10.1. The third kappa shape index (κ3) is 1.62. The number of rotatable bonds is 1. The second-order valence-corrected chi connectivity index (χ2v) is 4.66. The number of fused-ring (bicyclic) bond motifs is 1. The van der Waals surface area contributed by atoms with Gasteiger partial charge >= 0.3 is 0 Å². The van der Waals surface area contributed by atoms with Crippen molar-refractivity contribution in [2.24, 2.45) is 0 Å². The number of halogens is 2. The minimum atomic E-state index is 0.680. The van der Waals surface area contributed by atoms with E-state index in [-0.39, 0.29) is 0 Å². The quantitative estimate of drug-likeness (QED) is 0.722. The van der Waals surface area contributed by atoms with Gasteiger partial charge in [0.15, 0.2) is 6.29 Å². The summed E-state index contributed by atoms with van der Waals surface area (Å²) in [6.45, 7) is 0. The molecule has 0 heterocycles. The van der Waals surface area contributed by atoms with Crippen LogP contribution in [0.5, 0.6) is 0 Å². The molecule has 3 heteroatoms. The SMILES string of the molecule is O=Cc1ccc2cc(Br)ccc2c1Br. The van der Waals surface area contributed by atoms with Crippen molar-refractivity contribution in [2.45, 2.75) is 0 Å². The van der Waals surface area contributed by atoms with Crippen LogP contribution in [0.15, 0.2) is 39.3 Å².